The zero-order valence-electron chi connectivity index (χ0n) is 27.0. The Bertz CT molecular complexity index is 1150. The summed E-state index contributed by atoms with van der Waals surface area (Å²) in [7, 11) is -4.52. The molecule has 2 N–H and O–H groups in total. The van der Waals surface area contributed by atoms with Gasteiger partial charge >= 0.3 is 13.8 Å². The molecule has 242 valence electrons. The Morgan fingerprint density at radius 2 is 1.72 bits per heavy atom. The van der Waals surface area contributed by atoms with E-state index < -0.39 is 19.4 Å². The zero-order valence-corrected chi connectivity index (χ0v) is 27.9. The molecule has 3 rings (SSSR count). The molecule has 8 heteroatoms. The first kappa shape index (κ1) is 35.6. The summed E-state index contributed by atoms with van der Waals surface area (Å²) in [5.74, 6) is -0.445. The molecule has 1 unspecified atom stereocenters. The van der Waals surface area contributed by atoms with Crippen molar-refractivity contribution in [2.45, 2.75) is 142 Å². The molecule has 43 heavy (non-hydrogen) atoms. The molecule has 3 atom stereocenters. The molecule has 0 bridgehead atoms. The molecule has 0 amide bonds. The molecule has 1 fully saturated rings. The number of phosphoric ester groups is 1. The van der Waals surface area contributed by atoms with Gasteiger partial charge in [-0.05, 0) is 95.2 Å². The van der Waals surface area contributed by atoms with E-state index in [1.165, 1.54) is 5.57 Å². The monoisotopic (exact) mass is 618 g/mol. The fraction of sp³-hybridized carbons (Fsp3) is 0.686. The molecule has 0 aromatic heterocycles. The van der Waals surface area contributed by atoms with Crippen LogP contribution in [0.25, 0.3) is 0 Å². The summed E-state index contributed by atoms with van der Waals surface area (Å²) in [6, 6.07) is 3.65. The summed E-state index contributed by atoms with van der Waals surface area (Å²) in [4.78, 5) is 24.8. The average molecular weight is 619 g/mol. The number of benzene rings is 1. The quantitative estimate of drug-likeness (QED) is 0.0589. The minimum atomic E-state index is -4.52. The van der Waals surface area contributed by atoms with Gasteiger partial charge in [-0.3, -0.25) is 9.05 Å². The number of hydrogen-bond donors (Lipinski definition) is 2. The molecule has 0 radical (unpaired) electrons. The first-order valence-electron chi connectivity index (χ1n) is 16.6. The Kier molecular flexibility index (Phi) is 14.0. The van der Waals surface area contributed by atoms with E-state index in [0.717, 1.165) is 81.8 Å². The number of unbranched alkanes of at least 4 members (excludes halogenated alkanes) is 6. The summed E-state index contributed by atoms with van der Waals surface area (Å²) in [5, 5.41) is 11.4. The van der Waals surface area contributed by atoms with Crippen LogP contribution in [0.2, 0.25) is 0 Å². The van der Waals surface area contributed by atoms with Crippen LogP contribution in [0.4, 0.5) is 0 Å². The Balaban J connectivity index is 1.93. The molecule has 7 nitrogen and oxygen atoms in total. The number of carbonyl (C=O) groups excluding carboxylic acids is 1. The number of phosphoric acid groups is 1. The fourth-order valence-electron chi connectivity index (χ4n) is 6.50. The van der Waals surface area contributed by atoms with E-state index in [1.54, 1.807) is 6.07 Å². The van der Waals surface area contributed by atoms with Crippen molar-refractivity contribution in [3.05, 3.63) is 47.1 Å². The molecule has 2 aliphatic carbocycles. The van der Waals surface area contributed by atoms with Gasteiger partial charge < -0.3 is 14.7 Å². The van der Waals surface area contributed by atoms with Crippen molar-refractivity contribution in [2.24, 2.45) is 5.92 Å². The first-order valence-corrected chi connectivity index (χ1v) is 18.1. The molecule has 1 aromatic carbocycles. The van der Waals surface area contributed by atoms with Crippen LogP contribution < -0.4 is 4.74 Å². The van der Waals surface area contributed by atoms with E-state index in [0.29, 0.717) is 24.8 Å². The molecular formula is C35H55O7P. The molecule has 0 aliphatic heterocycles. The average Bonchev–Trinajstić information content (AvgIpc) is 2.95. The molecule has 0 spiro atoms. The third-order valence-corrected chi connectivity index (χ3v) is 10.1. The maximum absolute atomic E-state index is 14.1. The zero-order chi connectivity index (χ0) is 31.5. The van der Waals surface area contributed by atoms with Crippen LogP contribution in [-0.2, 0) is 24.8 Å². The highest BCUT2D eigenvalue weighted by Crippen LogP contribution is 2.52. The predicted molar refractivity (Wildman–Crippen MR) is 172 cm³/mol. The highest BCUT2D eigenvalue weighted by molar-refractivity contribution is 7.47. The Labute approximate surface area is 259 Å². The number of allylic oxidation sites excluding steroid dienone is 3. The van der Waals surface area contributed by atoms with Crippen molar-refractivity contribution < 1.29 is 33.1 Å². The van der Waals surface area contributed by atoms with Crippen LogP contribution in [-0.4, -0.2) is 28.2 Å². The van der Waals surface area contributed by atoms with Crippen molar-refractivity contribution >= 4 is 13.8 Å². The van der Waals surface area contributed by atoms with Gasteiger partial charge in [-0.15, -0.1) is 0 Å². The first-order chi connectivity index (χ1) is 20.5. The van der Waals surface area contributed by atoms with E-state index >= 15 is 0 Å². The summed E-state index contributed by atoms with van der Waals surface area (Å²) >= 11 is 0. The summed E-state index contributed by atoms with van der Waals surface area (Å²) in [5.41, 5.74) is 2.07. The Morgan fingerprint density at radius 1 is 1.05 bits per heavy atom. The Morgan fingerprint density at radius 3 is 2.40 bits per heavy atom. The van der Waals surface area contributed by atoms with Gasteiger partial charge in [0.2, 0.25) is 0 Å². The van der Waals surface area contributed by atoms with Gasteiger partial charge in [-0.1, -0.05) is 82.6 Å². The predicted octanol–water partition coefficient (Wildman–Crippen LogP) is 9.85. The van der Waals surface area contributed by atoms with Gasteiger partial charge in [0.25, 0.3) is 0 Å². The summed E-state index contributed by atoms with van der Waals surface area (Å²) in [6.07, 6.45) is 15.4. The van der Waals surface area contributed by atoms with E-state index in [4.69, 9.17) is 13.8 Å². The number of phenols is 1. The van der Waals surface area contributed by atoms with Gasteiger partial charge in [-0.25, -0.2) is 9.36 Å². The summed E-state index contributed by atoms with van der Waals surface area (Å²) < 4.78 is 30.4. The standard InChI is InChI=1S/C35H55O7P/c1-6-8-10-11-16-22-40-43(38,39)42-35(20-14-12-15-21-35)34(37)41-32-25-28(17-13-9-7-2)24-31(36)33(32)30-23-27(5)18-19-29(30)26(3)4/h23-25,29-30,36H,3,6-22H2,1-2,4-5H3,(H,38,39)/t29-,30+/m0/s1. The molecule has 0 heterocycles. The van der Waals surface area contributed by atoms with E-state index in [2.05, 4.69) is 33.4 Å². The van der Waals surface area contributed by atoms with Crippen molar-refractivity contribution in [1.82, 2.24) is 0 Å². The highest BCUT2D eigenvalue weighted by atomic mass is 31.2. The smallest absolute Gasteiger partial charge is 0.473 e. The lowest BCUT2D eigenvalue weighted by Gasteiger charge is -2.36. The fourth-order valence-corrected chi connectivity index (χ4v) is 7.61. The van der Waals surface area contributed by atoms with E-state index in [9.17, 15) is 19.4 Å². The summed E-state index contributed by atoms with van der Waals surface area (Å²) in [6.45, 7) is 12.7. The maximum atomic E-state index is 14.1. The van der Waals surface area contributed by atoms with Gasteiger partial charge in [0, 0.05) is 11.5 Å². The van der Waals surface area contributed by atoms with Gasteiger partial charge in [-0.2, -0.15) is 0 Å². The second-order valence-corrected chi connectivity index (χ2v) is 14.1. The lowest BCUT2D eigenvalue weighted by Crippen LogP contribution is -2.45. The van der Waals surface area contributed by atoms with Crippen molar-refractivity contribution in [1.29, 1.82) is 0 Å². The second kappa shape index (κ2) is 17.0. The number of phenolic OH excluding ortho intramolecular Hbond substituents is 1. The normalized spacial score (nSPS) is 21.6. The number of rotatable bonds is 17. The van der Waals surface area contributed by atoms with Crippen LogP contribution in [0.1, 0.15) is 141 Å². The van der Waals surface area contributed by atoms with Crippen LogP contribution in [0, 0.1) is 5.92 Å². The highest BCUT2D eigenvalue weighted by Gasteiger charge is 2.48. The van der Waals surface area contributed by atoms with Gasteiger partial charge in [0.05, 0.1) is 6.61 Å². The number of aryl methyl sites for hydroxylation is 1. The van der Waals surface area contributed by atoms with Gasteiger partial charge in [0.15, 0.2) is 5.60 Å². The maximum Gasteiger partial charge on any atom is 0.473 e. The molecule has 1 aromatic rings. The number of esters is 1. The molecule has 1 saturated carbocycles. The van der Waals surface area contributed by atoms with Crippen LogP contribution in [0.5, 0.6) is 11.5 Å². The van der Waals surface area contributed by atoms with Crippen LogP contribution >= 0.6 is 7.82 Å². The third kappa shape index (κ3) is 10.3. The van der Waals surface area contributed by atoms with Crippen molar-refractivity contribution in [2.75, 3.05) is 6.61 Å². The van der Waals surface area contributed by atoms with Gasteiger partial charge in [0.1, 0.15) is 11.5 Å². The molecular weight excluding hydrogens is 563 g/mol. The lowest BCUT2D eigenvalue weighted by atomic mass is 9.73. The largest absolute Gasteiger partial charge is 0.507 e. The van der Waals surface area contributed by atoms with E-state index in [-0.39, 0.29) is 42.8 Å². The number of carbonyl (C=O) groups is 1. The number of hydrogen-bond acceptors (Lipinski definition) is 6. The van der Waals surface area contributed by atoms with Crippen molar-refractivity contribution in [3.8, 4) is 11.5 Å². The number of aromatic hydroxyl groups is 1. The second-order valence-electron chi connectivity index (χ2n) is 12.8. The molecule has 2 aliphatic rings. The third-order valence-electron chi connectivity index (χ3n) is 8.99. The Hall–Kier alpha value is -1.92. The van der Waals surface area contributed by atoms with Crippen molar-refractivity contribution in [3.63, 3.8) is 0 Å². The van der Waals surface area contributed by atoms with E-state index in [1.807, 2.05) is 13.0 Å². The topological polar surface area (TPSA) is 102 Å². The van der Waals surface area contributed by atoms with Crippen LogP contribution in [0.3, 0.4) is 0 Å². The SMILES string of the molecule is C=C(C)[C@@H]1CCC(C)=C[C@H]1c1c(O)cc(CCCCC)cc1OC(=O)C1(OP(=O)(O)OCCCCCCC)CCCCC1. The minimum Gasteiger partial charge on any atom is -0.507 e. The number of ether oxygens (including phenoxy) is 1. The van der Waals surface area contributed by atoms with Crippen LogP contribution in [0.15, 0.2) is 35.9 Å². The lowest BCUT2D eigenvalue weighted by molar-refractivity contribution is -0.157. The molecule has 0 saturated heterocycles. The minimum absolute atomic E-state index is 0.0845.